The largest absolute Gasteiger partial charge is 0.481 e. The molecule has 0 aromatic heterocycles. The summed E-state index contributed by atoms with van der Waals surface area (Å²) in [5, 5.41) is 13.7. The van der Waals surface area contributed by atoms with E-state index >= 15 is 0 Å². The van der Waals surface area contributed by atoms with Crippen LogP contribution in [0.2, 0.25) is 0 Å². The molecule has 0 bridgehead atoms. The summed E-state index contributed by atoms with van der Waals surface area (Å²) < 4.78 is 0. The van der Waals surface area contributed by atoms with Crippen molar-refractivity contribution in [2.45, 2.75) is 25.3 Å². The van der Waals surface area contributed by atoms with Crippen LogP contribution in [0.25, 0.3) is 0 Å². The monoisotopic (exact) mass is 270 g/mol. The van der Waals surface area contributed by atoms with Crippen LogP contribution in [-0.2, 0) is 4.79 Å². The number of hydrogen-bond acceptors (Lipinski definition) is 4. The van der Waals surface area contributed by atoms with Gasteiger partial charge in [-0.15, -0.1) is 0 Å². The van der Waals surface area contributed by atoms with Gasteiger partial charge >= 0.3 is 12.0 Å². The number of nitrogens with one attached hydrogen (secondary N) is 2. The molecule has 0 radical (unpaired) electrons. The third-order valence-electron chi connectivity index (χ3n) is 3.91. The maximum atomic E-state index is 11.8. The molecule has 108 valence electrons. The van der Waals surface area contributed by atoms with Crippen molar-refractivity contribution in [3.8, 4) is 0 Å². The maximum Gasteiger partial charge on any atom is 0.329 e. The van der Waals surface area contributed by atoms with E-state index in [9.17, 15) is 9.59 Å². The quantitative estimate of drug-likeness (QED) is 0.656. The number of rotatable bonds is 3. The first-order chi connectivity index (χ1) is 9.06. The summed E-state index contributed by atoms with van der Waals surface area (Å²) in [6.07, 6.45) is 2.25. The molecule has 0 spiro atoms. The molecule has 3 N–H and O–H groups in total. The minimum atomic E-state index is -0.817. The number of urea groups is 1. The second kappa shape index (κ2) is 6.21. The van der Waals surface area contributed by atoms with Crippen molar-refractivity contribution >= 4 is 12.0 Å². The predicted octanol–water partition coefficient (Wildman–Crippen LogP) is -0.299. The molecule has 2 atom stereocenters. The molecular formula is C12H22N4O3. The van der Waals surface area contributed by atoms with Crippen LogP contribution in [0, 0.1) is 5.92 Å². The number of piperazine rings is 1. The highest BCUT2D eigenvalue weighted by molar-refractivity contribution is 5.76. The molecule has 7 nitrogen and oxygen atoms in total. The Balaban J connectivity index is 1.76. The van der Waals surface area contributed by atoms with Crippen LogP contribution in [0.4, 0.5) is 4.79 Å². The Labute approximate surface area is 112 Å². The van der Waals surface area contributed by atoms with Crippen LogP contribution in [0.1, 0.15) is 19.3 Å². The third-order valence-corrected chi connectivity index (χ3v) is 3.91. The first-order valence-electron chi connectivity index (χ1n) is 6.79. The van der Waals surface area contributed by atoms with Crippen molar-refractivity contribution in [2.24, 2.45) is 5.92 Å². The molecule has 2 amide bonds. The van der Waals surface area contributed by atoms with E-state index in [4.69, 9.17) is 5.11 Å². The summed E-state index contributed by atoms with van der Waals surface area (Å²) in [5.74, 6) is -1.26. The lowest BCUT2D eigenvalue weighted by molar-refractivity contribution is -0.142. The highest BCUT2D eigenvalue weighted by Crippen LogP contribution is 2.25. The van der Waals surface area contributed by atoms with Gasteiger partial charge in [0.15, 0.2) is 0 Å². The number of carboxylic acid groups (broad SMARTS) is 1. The fraction of sp³-hybridized carbons (Fsp3) is 0.833. The molecule has 19 heavy (non-hydrogen) atoms. The van der Waals surface area contributed by atoms with Crippen molar-refractivity contribution in [3.05, 3.63) is 0 Å². The molecule has 0 aromatic carbocycles. The summed E-state index contributed by atoms with van der Waals surface area (Å²) >= 11 is 0. The van der Waals surface area contributed by atoms with Crippen LogP contribution < -0.4 is 10.7 Å². The van der Waals surface area contributed by atoms with Gasteiger partial charge in [0.1, 0.15) is 0 Å². The van der Waals surface area contributed by atoms with Crippen LogP contribution in [0.5, 0.6) is 0 Å². The first kappa shape index (κ1) is 14.1. The second-order valence-electron chi connectivity index (χ2n) is 5.36. The number of likely N-dealkylation sites (N-methyl/N-ethyl adjacent to an activating group) is 1. The highest BCUT2D eigenvalue weighted by atomic mass is 16.4. The number of hydrazine groups is 1. The summed E-state index contributed by atoms with van der Waals surface area (Å²) in [5.41, 5.74) is 2.79. The van der Waals surface area contributed by atoms with E-state index < -0.39 is 11.9 Å². The number of amides is 2. The van der Waals surface area contributed by atoms with Gasteiger partial charge in [-0.25, -0.2) is 9.80 Å². The van der Waals surface area contributed by atoms with E-state index in [1.165, 1.54) is 0 Å². The van der Waals surface area contributed by atoms with Crippen LogP contribution in [-0.4, -0.2) is 66.3 Å². The molecule has 1 aliphatic carbocycles. The Kier molecular flexibility index (Phi) is 4.60. The molecular weight excluding hydrogens is 248 g/mol. The fourth-order valence-electron chi connectivity index (χ4n) is 2.69. The zero-order valence-electron chi connectivity index (χ0n) is 11.3. The average molecular weight is 270 g/mol. The van der Waals surface area contributed by atoms with Crippen molar-refractivity contribution in [3.63, 3.8) is 0 Å². The SMILES string of the molecule is CN1CCN(NC(=O)NC2CCCC2C(=O)O)CC1. The number of carbonyl (C=O) groups is 2. The normalized spacial score (nSPS) is 29.1. The third kappa shape index (κ3) is 3.81. The van der Waals surface area contributed by atoms with Gasteiger partial charge in [0.2, 0.25) is 0 Å². The van der Waals surface area contributed by atoms with Gasteiger partial charge in [0.05, 0.1) is 5.92 Å². The summed E-state index contributed by atoms with van der Waals surface area (Å²) in [4.78, 5) is 25.1. The molecule has 7 heteroatoms. The second-order valence-corrected chi connectivity index (χ2v) is 5.36. The molecule has 2 rings (SSSR count). The molecule has 1 aliphatic heterocycles. The Morgan fingerprint density at radius 3 is 2.47 bits per heavy atom. The van der Waals surface area contributed by atoms with Gasteiger partial charge in [0, 0.05) is 32.2 Å². The number of nitrogens with zero attached hydrogens (tertiary/aromatic N) is 2. The zero-order valence-corrected chi connectivity index (χ0v) is 11.3. The molecule has 0 aromatic rings. The van der Waals surface area contributed by atoms with Gasteiger partial charge in [-0.3, -0.25) is 10.2 Å². The Morgan fingerprint density at radius 1 is 1.16 bits per heavy atom. The average Bonchev–Trinajstić information content (AvgIpc) is 2.80. The predicted molar refractivity (Wildman–Crippen MR) is 69.5 cm³/mol. The van der Waals surface area contributed by atoms with Crippen molar-refractivity contribution in [2.75, 3.05) is 33.2 Å². The number of carboxylic acids is 1. The summed E-state index contributed by atoms with van der Waals surface area (Å²) in [6, 6.07) is -0.535. The highest BCUT2D eigenvalue weighted by Gasteiger charge is 2.34. The lowest BCUT2D eigenvalue weighted by Crippen LogP contribution is -2.56. The zero-order chi connectivity index (χ0) is 13.8. The van der Waals surface area contributed by atoms with Crippen LogP contribution >= 0.6 is 0 Å². The molecule has 2 unspecified atom stereocenters. The maximum absolute atomic E-state index is 11.8. The number of carbonyl (C=O) groups excluding carboxylic acids is 1. The lowest BCUT2D eigenvalue weighted by atomic mass is 10.0. The Hall–Kier alpha value is -1.34. The minimum Gasteiger partial charge on any atom is -0.481 e. The van der Waals surface area contributed by atoms with Gasteiger partial charge in [-0.05, 0) is 19.9 Å². The first-order valence-corrected chi connectivity index (χ1v) is 6.79. The van der Waals surface area contributed by atoms with Crippen molar-refractivity contribution in [1.82, 2.24) is 20.7 Å². The van der Waals surface area contributed by atoms with Crippen molar-refractivity contribution in [1.29, 1.82) is 0 Å². The lowest BCUT2D eigenvalue weighted by Gasteiger charge is -2.32. The van der Waals surface area contributed by atoms with Crippen molar-refractivity contribution < 1.29 is 14.7 Å². The molecule has 1 saturated carbocycles. The van der Waals surface area contributed by atoms with Crippen LogP contribution in [0.3, 0.4) is 0 Å². The van der Waals surface area contributed by atoms with E-state index in [1.807, 2.05) is 12.1 Å². The summed E-state index contributed by atoms with van der Waals surface area (Å²) in [6.45, 7) is 3.41. The Morgan fingerprint density at radius 2 is 1.84 bits per heavy atom. The molecule has 1 heterocycles. The number of aliphatic carboxylic acids is 1. The van der Waals surface area contributed by atoms with Gasteiger partial charge in [-0.2, -0.15) is 0 Å². The van der Waals surface area contributed by atoms with Gasteiger partial charge < -0.3 is 15.3 Å². The van der Waals surface area contributed by atoms with Crippen LogP contribution in [0.15, 0.2) is 0 Å². The van der Waals surface area contributed by atoms with E-state index in [0.29, 0.717) is 6.42 Å². The summed E-state index contributed by atoms with van der Waals surface area (Å²) in [7, 11) is 2.05. The van der Waals surface area contributed by atoms with Gasteiger partial charge in [-0.1, -0.05) is 6.42 Å². The van der Waals surface area contributed by atoms with E-state index in [1.54, 1.807) is 0 Å². The topological polar surface area (TPSA) is 84.9 Å². The Bertz CT molecular complexity index is 342. The molecule has 2 fully saturated rings. The minimum absolute atomic E-state index is 0.245. The smallest absolute Gasteiger partial charge is 0.329 e. The van der Waals surface area contributed by atoms with Gasteiger partial charge in [0.25, 0.3) is 0 Å². The molecule has 1 saturated heterocycles. The fourth-order valence-corrected chi connectivity index (χ4v) is 2.69. The standard InChI is InChI=1S/C12H22N4O3/c1-15-5-7-16(8-6-15)14-12(19)13-10-4-2-3-9(10)11(17)18/h9-10H,2-8H2,1H3,(H,17,18)(H2,13,14,19). The van der Waals surface area contributed by atoms with E-state index in [-0.39, 0.29) is 12.1 Å². The van der Waals surface area contributed by atoms with E-state index in [0.717, 1.165) is 39.0 Å². The van der Waals surface area contributed by atoms with E-state index in [2.05, 4.69) is 15.6 Å². The number of hydrogen-bond donors (Lipinski definition) is 3. The molecule has 2 aliphatic rings.